The highest BCUT2D eigenvalue weighted by atomic mass is 16.6. The highest BCUT2D eigenvalue weighted by Crippen LogP contribution is 2.09. The van der Waals surface area contributed by atoms with E-state index >= 15 is 0 Å². The quantitative estimate of drug-likeness (QED) is 0.394. The Hall–Kier alpha value is -0.610. The van der Waals surface area contributed by atoms with Crippen molar-refractivity contribution in [2.45, 2.75) is 6.10 Å². The highest BCUT2D eigenvalue weighted by molar-refractivity contribution is 5.71. The van der Waals surface area contributed by atoms with Crippen LogP contribution in [0.3, 0.4) is 0 Å². The van der Waals surface area contributed by atoms with Crippen LogP contribution in [0.25, 0.3) is 0 Å². The average molecular weight is 160 g/mol. The van der Waals surface area contributed by atoms with E-state index in [-0.39, 0.29) is 18.7 Å². The normalized spacial score (nSPS) is 29.7. The number of esters is 1. The van der Waals surface area contributed by atoms with Crippen molar-refractivity contribution in [2.75, 3.05) is 33.8 Å². The van der Waals surface area contributed by atoms with Crippen LogP contribution >= 0.6 is 0 Å². The minimum atomic E-state index is -0.314. The van der Waals surface area contributed by atoms with E-state index in [0.717, 1.165) is 0 Å². The zero-order valence-corrected chi connectivity index (χ0v) is 6.91. The molecule has 1 fully saturated rings. The zero-order chi connectivity index (χ0) is 8.48. The van der Waals surface area contributed by atoms with Crippen molar-refractivity contribution in [2.24, 2.45) is 0 Å². The number of likely N-dealkylation sites (N-methyl/N-ethyl adjacent to an activating group) is 1. The Morgan fingerprint density at radius 1 is 1.73 bits per heavy atom. The maximum atomic E-state index is 10.9. The van der Waals surface area contributed by atoms with Gasteiger partial charge in [-0.1, -0.05) is 0 Å². The van der Waals surface area contributed by atoms with Gasteiger partial charge in [0.25, 0.3) is 0 Å². The van der Waals surface area contributed by atoms with E-state index in [1.807, 2.05) is 14.1 Å². The summed E-state index contributed by atoms with van der Waals surface area (Å²) in [5.74, 6) is -0.222. The summed E-state index contributed by atoms with van der Waals surface area (Å²) in [6.45, 7) is 1.02. The Morgan fingerprint density at radius 2 is 2.36 bits per heavy atom. The molecular formula is C7H14NO3+. The van der Waals surface area contributed by atoms with Crippen molar-refractivity contribution < 1.29 is 19.1 Å². The molecule has 0 spiro atoms. The second-order valence-electron chi connectivity index (χ2n) is 3.57. The lowest BCUT2D eigenvalue weighted by molar-refractivity contribution is -0.891. The summed E-state index contributed by atoms with van der Waals surface area (Å²) < 4.78 is 5.47. The van der Waals surface area contributed by atoms with E-state index in [1.54, 1.807) is 0 Å². The van der Waals surface area contributed by atoms with E-state index in [2.05, 4.69) is 0 Å². The third kappa shape index (κ3) is 2.17. The van der Waals surface area contributed by atoms with Crippen LogP contribution in [-0.2, 0) is 9.53 Å². The standard InChI is InChI=1S/C7H14NO3/c1-8(2)3-6(5-9)11-7(10)4-8/h6,9H,3-5H2,1-2H3/q+1/t6-/m0/s1. The number of nitrogens with zero attached hydrogens (tertiary/aromatic N) is 1. The second-order valence-corrected chi connectivity index (χ2v) is 3.57. The van der Waals surface area contributed by atoms with Gasteiger partial charge >= 0.3 is 5.97 Å². The van der Waals surface area contributed by atoms with Gasteiger partial charge in [0.2, 0.25) is 0 Å². The number of morpholine rings is 1. The summed E-state index contributed by atoms with van der Waals surface area (Å²) in [6, 6.07) is 0. The average Bonchev–Trinajstić information content (AvgIpc) is 1.83. The zero-order valence-electron chi connectivity index (χ0n) is 6.91. The third-order valence-electron chi connectivity index (χ3n) is 1.76. The summed E-state index contributed by atoms with van der Waals surface area (Å²) >= 11 is 0. The molecule has 1 atom stereocenters. The van der Waals surface area contributed by atoms with Gasteiger partial charge in [0.15, 0.2) is 12.6 Å². The summed E-state index contributed by atoms with van der Waals surface area (Å²) in [5.41, 5.74) is 0. The smallest absolute Gasteiger partial charge is 0.362 e. The van der Waals surface area contributed by atoms with E-state index in [4.69, 9.17) is 9.84 Å². The van der Waals surface area contributed by atoms with Gasteiger partial charge in [-0.25, -0.2) is 4.79 Å². The molecule has 0 unspecified atom stereocenters. The number of ether oxygens (including phenoxy) is 1. The molecule has 1 aliphatic rings. The predicted molar refractivity (Wildman–Crippen MR) is 38.8 cm³/mol. The molecule has 11 heavy (non-hydrogen) atoms. The maximum absolute atomic E-state index is 10.9. The molecule has 1 aliphatic heterocycles. The number of hydrogen-bond acceptors (Lipinski definition) is 3. The van der Waals surface area contributed by atoms with E-state index < -0.39 is 0 Å². The van der Waals surface area contributed by atoms with Gasteiger partial charge in [0.05, 0.1) is 20.7 Å². The van der Waals surface area contributed by atoms with Crippen LogP contribution in [0.2, 0.25) is 0 Å². The Balaban J connectivity index is 2.58. The summed E-state index contributed by atoms with van der Waals surface area (Å²) in [7, 11) is 3.90. The van der Waals surface area contributed by atoms with Crippen molar-refractivity contribution in [3.8, 4) is 0 Å². The summed E-state index contributed by atoms with van der Waals surface area (Å²) in [4.78, 5) is 10.9. The molecule has 0 amide bonds. The van der Waals surface area contributed by atoms with E-state index in [0.29, 0.717) is 17.6 Å². The largest absolute Gasteiger partial charge is 0.450 e. The molecule has 4 heteroatoms. The first-order valence-electron chi connectivity index (χ1n) is 3.66. The fraction of sp³-hybridized carbons (Fsp3) is 0.857. The van der Waals surface area contributed by atoms with E-state index in [1.165, 1.54) is 0 Å². The monoisotopic (exact) mass is 160 g/mol. The highest BCUT2D eigenvalue weighted by Gasteiger charge is 2.33. The van der Waals surface area contributed by atoms with Crippen LogP contribution in [0, 0.1) is 0 Å². The number of quaternary nitrogens is 1. The SMILES string of the molecule is C[N+]1(C)CC(=O)O[C@H](CO)C1. The lowest BCUT2D eigenvalue weighted by atomic mass is 10.2. The van der Waals surface area contributed by atoms with Crippen LogP contribution < -0.4 is 0 Å². The molecular weight excluding hydrogens is 146 g/mol. The molecule has 1 N–H and O–H groups in total. The maximum Gasteiger partial charge on any atom is 0.362 e. The molecule has 64 valence electrons. The predicted octanol–water partition coefficient (Wildman–Crippen LogP) is -1.02. The molecule has 0 radical (unpaired) electrons. The minimum Gasteiger partial charge on any atom is -0.450 e. The Labute approximate surface area is 66.0 Å². The van der Waals surface area contributed by atoms with Crippen molar-refractivity contribution in [1.82, 2.24) is 0 Å². The van der Waals surface area contributed by atoms with Gasteiger partial charge in [0.1, 0.15) is 6.54 Å². The number of rotatable bonds is 1. The second kappa shape index (κ2) is 2.79. The first-order valence-corrected chi connectivity index (χ1v) is 3.66. The number of aliphatic hydroxyl groups is 1. The number of carbonyl (C=O) groups is 1. The van der Waals surface area contributed by atoms with Gasteiger partial charge in [-0.15, -0.1) is 0 Å². The molecule has 0 aromatic heterocycles. The van der Waals surface area contributed by atoms with Crippen molar-refractivity contribution in [3.05, 3.63) is 0 Å². The Kier molecular flexibility index (Phi) is 2.15. The molecule has 0 bridgehead atoms. The topological polar surface area (TPSA) is 46.5 Å². The lowest BCUT2D eigenvalue weighted by Crippen LogP contribution is -2.55. The minimum absolute atomic E-state index is 0.0760. The van der Waals surface area contributed by atoms with Crippen molar-refractivity contribution in [1.29, 1.82) is 0 Å². The number of aliphatic hydroxyl groups excluding tert-OH is 1. The molecule has 0 aromatic rings. The number of carbonyl (C=O) groups excluding carboxylic acids is 1. The third-order valence-corrected chi connectivity index (χ3v) is 1.76. The fourth-order valence-electron chi connectivity index (χ4n) is 1.32. The van der Waals surface area contributed by atoms with Gasteiger partial charge in [-0.3, -0.25) is 0 Å². The van der Waals surface area contributed by atoms with Crippen LogP contribution in [-0.4, -0.2) is 55.5 Å². The Bertz CT molecular complexity index is 167. The fourth-order valence-corrected chi connectivity index (χ4v) is 1.32. The van der Waals surface area contributed by atoms with Crippen molar-refractivity contribution in [3.63, 3.8) is 0 Å². The Morgan fingerprint density at radius 3 is 2.82 bits per heavy atom. The van der Waals surface area contributed by atoms with Gasteiger partial charge in [0, 0.05) is 0 Å². The van der Waals surface area contributed by atoms with Gasteiger partial charge in [-0.05, 0) is 0 Å². The molecule has 0 saturated carbocycles. The molecule has 0 aliphatic carbocycles. The molecule has 1 heterocycles. The molecule has 4 nitrogen and oxygen atoms in total. The first-order chi connectivity index (χ1) is 5.03. The molecule has 1 rings (SSSR count). The van der Waals surface area contributed by atoms with E-state index in [9.17, 15) is 4.79 Å². The van der Waals surface area contributed by atoms with Crippen LogP contribution in [0.1, 0.15) is 0 Å². The molecule has 1 saturated heterocycles. The number of cyclic esters (lactones) is 1. The first kappa shape index (κ1) is 8.49. The summed E-state index contributed by atoms with van der Waals surface area (Å²) in [5, 5.41) is 8.75. The van der Waals surface area contributed by atoms with Gasteiger partial charge in [-0.2, -0.15) is 0 Å². The lowest BCUT2D eigenvalue weighted by Gasteiger charge is -2.35. The van der Waals surface area contributed by atoms with Crippen LogP contribution in [0.5, 0.6) is 0 Å². The molecule has 0 aromatic carbocycles. The number of hydrogen-bond donors (Lipinski definition) is 1. The van der Waals surface area contributed by atoms with Crippen LogP contribution in [0.15, 0.2) is 0 Å². The van der Waals surface area contributed by atoms with Crippen molar-refractivity contribution >= 4 is 5.97 Å². The van der Waals surface area contributed by atoms with Gasteiger partial charge < -0.3 is 14.3 Å². The summed E-state index contributed by atoms with van der Waals surface area (Å²) in [6.07, 6.45) is -0.314. The van der Waals surface area contributed by atoms with Crippen LogP contribution in [0.4, 0.5) is 0 Å².